The number of benzene rings is 3. The van der Waals surface area contributed by atoms with Gasteiger partial charge in [0.25, 0.3) is 0 Å². The van der Waals surface area contributed by atoms with E-state index in [2.05, 4.69) is 0 Å². The highest BCUT2D eigenvalue weighted by atomic mass is 32.2. The van der Waals surface area contributed by atoms with E-state index in [4.69, 9.17) is 37.9 Å². The molecule has 270 valence electrons. The molecule has 0 aliphatic carbocycles. The number of thioether (sulfide) groups is 1. The number of esters is 2. The highest BCUT2D eigenvalue weighted by Gasteiger charge is 2.55. The van der Waals surface area contributed by atoms with E-state index < -0.39 is 72.5 Å². The van der Waals surface area contributed by atoms with Crippen LogP contribution in [0.3, 0.4) is 0 Å². The molecule has 5 rings (SSSR count). The first kappa shape index (κ1) is 37.9. The van der Waals surface area contributed by atoms with Gasteiger partial charge in [-0.3, -0.25) is 4.79 Å². The van der Waals surface area contributed by atoms with Gasteiger partial charge in [-0.05, 0) is 29.4 Å². The monoisotopic (exact) mass is 710 g/mol. The van der Waals surface area contributed by atoms with Gasteiger partial charge in [-0.2, -0.15) is 0 Å². The van der Waals surface area contributed by atoms with Gasteiger partial charge in [0.2, 0.25) is 0 Å². The van der Waals surface area contributed by atoms with Crippen LogP contribution < -0.4 is 0 Å². The summed E-state index contributed by atoms with van der Waals surface area (Å²) in [4.78, 5) is 25.8. The van der Waals surface area contributed by atoms with Crippen molar-refractivity contribution >= 4 is 23.7 Å². The number of aliphatic hydroxyl groups excluding tert-OH is 1. The molecule has 8 unspecified atom stereocenters. The fourth-order valence-electron chi connectivity index (χ4n) is 6.03. The van der Waals surface area contributed by atoms with Crippen molar-refractivity contribution in [1.29, 1.82) is 0 Å². The van der Waals surface area contributed by atoms with Crippen LogP contribution in [0.15, 0.2) is 91.0 Å². The van der Waals surface area contributed by atoms with Crippen LogP contribution in [0.4, 0.5) is 0 Å². The molecule has 10 atom stereocenters. The Hall–Kier alpha value is -3.33. The lowest BCUT2D eigenvalue weighted by Gasteiger charge is -2.48. The summed E-state index contributed by atoms with van der Waals surface area (Å²) >= 11 is 1.39. The quantitative estimate of drug-likeness (QED) is 0.217. The van der Waals surface area contributed by atoms with Crippen molar-refractivity contribution in [2.75, 3.05) is 12.9 Å². The van der Waals surface area contributed by atoms with Gasteiger partial charge in [0.1, 0.15) is 36.0 Å². The summed E-state index contributed by atoms with van der Waals surface area (Å²) < 4.78 is 49.1. The summed E-state index contributed by atoms with van der Waals surface area (Å²) in [5, 5.41) is 11.9. The van der Waals surface area contributed by atoms with E-state index in [0.717, 1.165) is 16.7 Å². The Bertz CT molecular complexity index is 1460. The maximum Gasteiger partial charge on any atom is 0.337 e. The first-order valence-electron chi connectivity index (χ1n) is 16.8. The minimum absolute atomic E-state index is 0.180. The minimum Gasteiger partial charge on any atom is -0.467 e. The zero-order valence-electron chi connectivity index (χ0n) is 28.7. The normalized spacial score (nSPS) is 29.6. The van der Waals surface area contributed by atoms with Crippen LogP contribution >= 0.6 is 11.8 Å². The molecular formula is C38H46O11S. The first-order valence-corrected chi connectivity index (χ1v) is 17.8. The highest BCUT2D eigenvalue weighted by molar-refractivity contribution is 7.99. The fourth-order valence-corrected chi connectivity index (χ4v) is 6.99. The lowest BCUT2D eigenvalue weighted by Crippen LogP contribution is -2.65. The second-order valence-electron chi connectivity index (χ2n) is 12.1. The van der Waals surface area contributed by atoms with Crippen LogP contribution in [-0.4, -0.2) is 90.5 Å². The van der Waals surface area contributed by atoms with Crippen LogP contribution in [0.1, 0.15) is 37.5 Å². The number of carbonyl (C=O) groups is 2. The molecule has 0 saturated carbocycles. The third kappa shape index (κ3) is 9.92. The smallest absolute Gasteiger partial charge is 0.337 e. The Balaban J connectivity index is 1.44. The maximum atomic E-state index is 13.2. The van der Waals surface area contributed by atoms with Gasteiger partial charge in [-0.15, -0.1) is 11.8 Å². The molecule has 12 heteroatoms. The maximum absolute atomic E-state index is 13.2. The van der Waals surface area contributed by atoms with Crippen molar-refractivity contribution in [3.8, 4) is 0 Å². The molecule has 2 aliphatic heterocycles. The minimum atomic E-state index is -1.37. The summed E-state index contributed by atoms with van der Waals surface area (Å²) in [5.74, 6) is -0.721. The van der Waals surface area contributed by atoms with Gasteiger partial charge in [0.05, 0.1) is 33.0 Å². The van der Waals surface area contributed by atoms with Crippen molar-refractivity contribution in [1.82, 2.24) is 0 Å². The third-order valence-electron chi connectivity index (χ3n) is 8.46. The van der Waals surface area contributed by atoms with E-state index in [0.29, 0.717) is 5.75 Å². The largest absolute Gasteiger partial charge is 0.467 e. The van der Waals surface area contributed by atoms with Crippen LogP contribution in [0.25, 0.3) is 0 Å². The van der Waals surface area contributed by atoms with E-state index in [9.17, 15) is 14.7 Å². The second kappa shape index (κ2) is 18.8. The highest BCUT2D eigenvalue weighted by Crippen LogP contribution is 2.37. The molecule has 0 amide bonds. The average Bonchev–Trinajstić information content (AvgIpc) is 3.13. The zero-order valence-corrected chi connectivity index (χ0v) is 29.5. The van der Waals surface area contributed by atoms with E-state index >= 15 is 0 Å². The Morgan fingerprint density at radius 2 is 1.22 bits per heavy atom. The molecule has 3 aromatic carbocycles. The van der Waals surface area contributed by atoms with Crippen LogP contribution in [-0.2, 0) is 67.3 Å². The molecular weight excluding hydrogens is 664 g/mol. The summed E-state index contributed by atoms with van der Waals surface area (Å²) in [7, 11) is 1.23. The number of rotatable bonds is 15. The van der Waals surface area contributed by atoms with Gasteiger partial charge in [-0.25, -0.2) is 4.79 Å². The predicted molar refractivity (Wildman–Crippen MR) is 185 cm³/mol. The molecule has 3 aromatic rings. The zero-order chi connectivity index (χ0) is 35.5. The van der Waals surface area contributed by atoms with Gasteiger partial charge < -0.3 is 43.0 Å². The van der Waals surface area contributed by atoms with Crippen molar-refractivity contribution in [3.63, 3.8) is 0 Å². The van der Waals surface area contributed by atoms with Crippen molar-refractivity contribution < 1.29 is 52.6 Å². The number of methoxy groups -OCH3 is 1. The van der Waals surface area contributed by atoms with E-state index in [1.54, 1.807) is 6.92 Å². The molecule has 0 aromatic heterocycles. The van der Waals surface area contributed by atoms with Crippen molar-refractivity contribution in [2.45, 2.75) is 101 Å². The molecule has 2 heterocycles. The van der Waals surface area contributed by atoms with Crippen LogP contribution in [0.5, 0.6) is 0 Å². The van der Waals surface area contributed by atoms with E-state index in [1.165, 1.54) is 25.8 Å². The Kier molecular flexibility index (Phi) is 14.2. The predicted octanol–water partition coefficient (Wildman–Crippen LogP) is 4.82. The topological polar surface area (TPSA) is 128 Å². The molecule has 50 heavy (non-hydrogen) atoms. The van der Waals surface area contributed by atoms with Gasteiger partial charge in [0, 0.05) is 6.92 Å². The van der Waals surface area contributed by atoms with E-state index in [1.807, 2.05) is 97.9 Å². The Morgan fingerprint density at radius 3 is 1.70 bits per heavy atom. The second-order valence-corrected chi connectivity index (χ2v) is 13.4. The molecule has 2 saturated heterocycles. The Morgan fingerprint density at radius 1 is 0.720 bits per heavy atom. The van der Waals surface area contributed by atoms with Gasteiger partial charge >= 0.3 is 11.9 Å². The lowest BCUT2D eigenvalue weighted by molar-refractivity contribution is -0.342. The summed E-state index contributed by atoms with van der Waals surface area (Å²) in [6, 6.07) is 28.7. The Labute approximate surface area is 297 Å². The molecule has 0 spiro atoms. The van der Waals surface area contributed by atoms with Crippen LogP contribution in [0.2, 0.25) is 0 Å². The fraction of sp³-hybridized carbons (Fsp3) is 0.474. The molecule has 2 fully saturated rings. The van der Waals surface area contributed by atoms with Crippen LogP contribution in [0, 0.1) is 0 Å². The first-order chi connectivity index (χ1) is 24.3. The molecule has 1 N–H and O–H groups in total. The summed E-state index contributed by atoms with van der Waals surface area (Å²) in [6.45, 7) is 5.64. The van der Waals surface area contributed by atoms with E-state index in [-0.39, 0.29) is 19.8 Å². The van der Waals surface area contributed by atoms with Crippen molar-refractivity contribution in [2.24, 2.45) is 0 Å². The molecule has 11 nitrogen and oxygen atoms in total. The number of hydrogen-bond acceptors (Lipinski definition) is 12. The number of hydrogen-bond donors (Lipinski definition) is 1. The standard InChI is InChI=1S/C38H46O11S/c1-5-50-38-32(44-22-27-17-11-7-12-18-27)29(40)31(34(49-38)36(41)42-4)48-37-35(47-25(3)39)33(45-23-28-19-13-8-14-20-28)30(24(2)46-37)43-21-26-15-9-6-10-16-26/h6-20,24,29-35,37-38,40H,5,21-23H2,1-4H3/t24-,29?,30?,31?,32?,33?,34?,35?,37-,38?/m0/s1. The summed E-state index contributed by atoms with van der Waals surface area (Å²) in [5.41, 5.74) is 2.02. The average molecular weight is 711 g/mol. The third-order valence-corrected chi connectivity index (χ3v) is 9.50. The number of ether oxygens (including phenoxy) is 8. The molecule has 0 radical (unpaired) electrons. The SMILES string of the molecule is CCSC1OC(C(=O)OC)C(O[C@@H]2O[C@@H](C)C(OCc3ccccc3)C(OCc3ccccc3)C2OC(C)=O)C(O)C1OCc1ccccc1. The summed E-state index contributed by atoms with van der Waals surface area (Å²) in [6.07, 6.45) is -9.60. The lowest BCUT2D eigenvalue weighted by atomic mass is 9.96. The van der Waals surface area contributed by atoms with Gasteiger partial charge in [0.15, 0.2) is 18.5 Å². The molecule has 2 aliphatic rings. The van der Waals surface area contributed by atoms with Crippen molar-refractivity contribution in [3.05, 3.63) is 108 Å². The molecule has 0 bridgehead atoms. The number of aliphatic hydroxyl groups is 1. The van der Waals surface area contributed by atoms with Gasteiger partial charge in [-0.1, -0.05) is 97.9 Å². The number of carbonyl (C=O) groups excluding carboxylic acids is 2.